The summed E-state index contributed by atoms with van der Waals surface area (Å²) in [5, 5.41) is 4.57. The first-order valence-electron chi connectivity index (χ1n) is 8.94. The summed E-state index contributed by atoms with van der Waals surface area (Å²) < 4.78 is 35.8. The first kappa shape index (κ1) is 18.8. The van der Waals surface area contributed by atoms with Crippen LogP contribution in [-0.2, 0) is 10.0 Å². The summed E-state index contributed by atoms with van der Waals surface area (Å²) in [5.41, 5.74) is 2.28. The fourth-order valence-electron chi connectivity index (χ4n) is 2.96. The molecule has 3 aromatic carbocycles. The molecule has 4 rings (SSSR count). The van der Waals surface area contributed by atoms with Gasteiger partial charge in [0.05, 0.1) is 24.7 Å². The van der Waals surface area contributed by atoms with Crippen LogP contribution in [-0.4, -0.2) is 25.3 Å². The van der Waals surface area contributed by atoms with E-state index in [9.17, 15) is 8.42 Å². The average molecular weight is 405 g/mol. The minimum Gasteiger partial charge on any atom is -0.497 e. The van der Waals surface area contributed by atoms with E-state index in [4.69, 9.17) is 4.74 Å². The average Bonchev–Trinajstić information content (AvgIpc) is 3.21. The summed E-state index contributed by atoms with van der Waals surface area (Å²) in [5.74, 6) is 0.563. The molecule has 1 aromatic heterocycles. The molecule has 29 heavy (non-hydrogen) atoms. The van der Waals surface area contributed by atoms with E-state index in [1.54, 1.807) is 28.9 Å². The van der Waals surface area contributed by atoms with Gasteiger partial charge in [-0.1, -0.05) is 54.6 Å². The van der Waals surface area contributed by atoms with Gasteiger partial charge in [0.15, 0.2) is 0 Å². The highest BCUT2D eigenvalue weighted by molar-refractivity contribution is 7.92. The number of anilines is 1. The van der Waals surface area contributed by atoms with E-state index in [1.165, 1.54) is 13.3 Å². The van der Waals surface area contributed by atoms with Crippen LogP contribution in [0.5, 0.6) is 5.75 Å². The maximum Gasteiger partial charge on any atom is 0.265 e. The Bertz CT molecular complexity index is 1220. The number of methoxy groups -OCH3 is 1. The number of nitrogens with zero attached hydrogens (tertiary/aromatic N) is 2. The van der Waals surface area contributed by atoms with Crippen LogP contribution in [0.3, 0.4) is 0 Å². The molecule has 0 fully saturated rings. The van der Waals surface area contributed by atoms with Gasteiger partial charge in [-0.15, -0.1) is 0 Å². The molecule has 0 atom stereocenters. The zero-order valence-electron chi connectivity index (χ0n) is 15.7. The summed E-state index contributed by atoms with van der Waals surface area (Å²) in [6.45, 7) is 0. The van der Waals surface area contributed by atoms with Crippen LogP contribution in [0.15, 0.2) is 96.0 Å². The SMILES string of the molecule is COc1cccc(NS(=O)(=O)c2cn(-c3ccccc3)nc2-c2ccccc2)c1. The van der Waals surface area contributed by atoms with Gasteiger partial charge in [0.25, 0.3) is 10.0 Å². The number of para-hydroxylation sites is 1. The molecule has 6 nitrogen and oxygen atoms in total. The van der Waals surface area contributed by atoms with Crippen LogP contribution in [0.25, 0.3) is 16.9 Å². The maximum absolute atomic E-state index is 13.2. The van der Waals surface area contributed by atoms with Crippen molar-refractivity contribution in [3.63, 3.8) is 0 Å². The summed E-state index contributed by atoms with van der Waals surface area (Å²) in [7, 11) is -2.36. The van der Waals surface area contributed by atoms with Crippen molar-refractivity contribution < 1.29 is 13.2 Å². The number of ether oxygens (including phenoxy) is 1. The van der Waals surface area contributed by atoms with E-state index in [2.05, 4.69) is 9.82 Å². The van der Waals surface area contributed by atoms with Gasteiger partial charge in [-0.05, 0) is 24.3 Å². The summed E-state index contributed by atoms with van der Waals surface area (Å²) >= 11 is 0. The Balaban J connectivity index is 1.81. The molecule has 0 amide bonds. The Kier molecular flexibility index (Phi) is 5.05. The number of aromatic nitrogens is 2. The third-order valence-electron chi connectivity index (χ3n) is 4.36. The minimum absolute atomic E-state index is 0.0929. The number of sulfonamides is 1. The Labute approximate surface area is 169 Å². The second kappa shape index (κ2) is 7.81. The van der Waals surface area contributed by atoms with E-state index in [-0.39, 0.29) is 4.90 Å². The fraction of sp³-hybridized carbons (Fsp3) is 0.0455. The summed E-state index contributed by atoms with van der Waals surface area (Å²) in [4.78, 5) is 0.0929. The second-order valence-corrected chi connectivity index (χ2v) is 7.98. The molecule has 4 aromatic rings. The van der Waals surface area contributed by atoms with Gasteiger partial charge in [-0.25, -0.2) is 13.1 Å². The monoisotopic (exact) mass is 405 g/mol. The van der Waals surface area contributed by atoms with Crippen molar-refractivity contribution in [3.05, 3.63) is 91.1 Å². The van der Waals surface area contributed by atoms with Crippen molar-refractivity contribution in [2.45, 2.75) is 4.90 Å². The molecule has 0 saturated heterocycles. The predicted molar refractivity (Wildman–Crippen MR) is 113 cm³/mol. The predicted octanol–water partition coefficient (Wildman–Crippen LogP) is 4.35. The molecular weight excluding hydrogens is 386 g/mol. The maximum atomic E-state index is 13.2. The highest BCUT2D eigenvalue weighted by atomic mass is 32.2. The Hall–Kier alpha value is -3.58. The third-order valence-corrected chi connectivity index (χ3v) is 5.74. The first-order chi connectivity index (χ1) is 14.1. The van der Waals surface area contributed by atoms with Crippen molar-refractivity contribution in [1.82, 2.24) is 9.78 Å². The van der Waals surface area contributed by atoms with Gasteiger partial charge in [0.2, 0.25) is 0 Å². The zero-order chi connectivity index (χ0) is 20.3. The molecule has 0 unspecified atom stereocenters. The van der Waals surface area contributed by atoms with Gasteiger partial charge in [0, 0.05) is 11.6 Å². The molecule has 0 saturated carbocycles. The molecule has 0 aliphatic heterocycles. The first-order valence-corrected chi connectivity index (χ1v) is 10.4. The molecule has 0 aliphatic rings. The van der Waals surface area contributed by atoms with E-state index in [1.807, 2.05) is 60.7 Å². The van der Waals surface area contributed by atoms with Gasteiger partial charge in [0.1, 0.15) is 16.3 Å². The molecule has 0 radical (unpaired) electrons. The van der Waals surface area contributed by atoms with E-state index in [0.717, 1.165) is 5.69 Å². The molecule has 0 bridgehead atoms. The van der Waals surface area contributed by atoms with Gasteiger partial charge in [-0.2, -0.15) is 5.10 Å². The van der Waals surface area contributed by atoms with Crippen molar-refractivity contribution in [1.29, 1.82) is 0 Å². The lowest BCUT2D eigenvalue weighted by molar-refractivity contribution is 0.415. The Morgan fingerprint density at radius 2 is 1.59 bits per heavy atom. The van der Waals surface area contributed by atoms with E-state index < -0.39 is 10.0 Å². The van der Waals surface area contributed by atoms with Crippen LogP contribution in [0, 0.1) is 0 Å². The molecule has 1 N–H and O–H groups in total. The van der Waals surface area contributed by atoms with Crippen LogP contribution < -0.4 is 9.46 Å². The lowest BCUT2D eigenvalue weighted by atomic mass is 10.2. The smallest absolute Gasteiger partial charge is 0.265 e. The molecule has 0 spiro atoms. The van der Waals surface area contributed by atoms with Crippen LogP contribution >= 0.6 is 0 Å². The lowest BCUT2D eigenvalue weighted by Crippen LogP contribution is -2.13. The molecular formula is C22H19N3O3S. The molecule has 146 valence electrons. The second-order valence-electron chi connectivity index (χ2n) is 6.33. The highest BCUT2D eigenvalue weighted by Crippen LogP contribution is 2.29. The fourth-order valence-corrected chi connectivity index (χ4v) is 4.16. The Morgan fingerprint density at radius 1 is 0.897 bits per heavy atom. The highest BCUT2D eigenvalue weighted by Gasteiger charge is 2.24. The Morgan fingerprint density at radius 3 is 2.28 bits per heavy atom. The minimum atomic E-state index is -3.89. The van der Waals surface area contributed by atoms with Crippen molar-refractivity contribution >= 4 is 15.7 Å². The molecule has 0 aliphatic carbocycles. The van der Waals surface area contributed by atoms with Crippen LogP contribution in [0.2, 0.25) is 0 Å². The van der Waals surface area contributed by atoms with Crippen molar-refractivity contribution in [2.75, 3.05) is 11.8 Å². The van der Waals surface area contributed by atoms with Gasteiger partial charge < -0.3 is 4.74 Å². The third kappa shape index (κ3) is 4.00. The van der Waals surface area contributed by atoms with E-state index >= 15 is 0 Å². The van der Waals surface area contributed by atoms with Crippen molar-refractivity contribution in [3.8, 4) is 22.7 Å². The van der Waals surface area contributed by atoms with Gasteiger partial charge in [-0.3, -0.25) is 4.72 Å². The molecule has 1 heterocycles. The zero-order valence-corrected chi connectivity index (χ0v) is 16.5. The number of benzene rings is 3. The lowest BCUT2D eigenvalue weighted by Gasteiger charge is -2.09. The van der Waals surface area contributed by atoms with Crippen LogP contribution in [0.4, 0.5) is 5.69 Å². The van der Waals surface area contributed by atoms with Crippen molar-refractivity contribution in [2.24, 2.45) is 0 Å². The quantitative estimate of drug-likeness (QED) is 0.518. The number of hydrogen-bond acceptors (Lipinski definition) is 4. The molecule has 7 heteroatoms. The standard InChI is InChI=1S/C22H19N3O3S/c1-28-20-14-8-11-18(15-20)24-29(26,27)21-16-25(19-12-6-3-7-13-19)23-22(21)17-9-4-2-5-10-17/h2-16,24H,1H3. The largest absolute Gasteiger partial charge is 0.497 e. The number of hydrogen-bond donors (Lipinski definition) is 1. The number of nitrogens with one attached hydrogen (secondary N) is 1. The topological polar surface area (TPSA) is 73.2 Å². The summed E-state index contributed by atoms with van der Waals surface area (Å²) in [6.07, 6.45) is 1.53. The van der Waals surface area contributed by atoms with Crippen LogP contribution in [0.1, 0.15) is 0 Å². The normalized spacial score (nSPS) is 11.2. The van der Waals surface area contributed by atoms with Gasteiger partial charge >= 0.3 is 0 Å². The summed E-state index contributed by atoms with van der Waals surface area (Å²) in [6, 6.07) is 25.4. The number of rotatable bonds is 6. The van der Waals surface area contributed by atoms with E-state index in [0.29, 0.717) is 22.7 Å².